The molecule has 3 aromatic carbocycles. The molecule has 0 spiro atoms. The van der Waals surface area contributed by atoms with Crippen LogP contribution in [0, 0.1) is 5.82 Å². The van der Waals surface area contributed by atoms with Gasteiger partial charge in [-0.25, -0.2) is 4.39 Å². The molecule has 0 heterocycles. The van der Waals surface area contributed by atoms with E-state index in [2.05, 4.69) is 0 Å². The summed E-state index contributed by atoms with van der Waals surface area (Å²) in [5.74, 6) is 0.868. The number of rotatable bonds is 6. The Balaban J connectivity index is 1.84. The summed E-state index contributed by atoms with van der Waals surface area (Å²) >= 11 is 0. The van der Waals surface area contributed by atoms with E-state index in [-0.39, 0.29) is 5.82 Å². The lowest BCUT2D eigenvalue weighted by atomic mass is 10.0. The molecule has 0 aliphatic carbocycles. The minimum atomic E-state index is -0.333. The van der Waals surface area contributed by atoms with Crippen LogP contribution in [0.1, 0.15) is 11.1 Å². The third-order valence-electron chi connectivity index (χ3n) is 4.00. The summed E-state index contributed by atoms with van der Waals surface area (Å²) in [6, 6.07) is 20.3. The summed E-state index contributed by atoms with van der Waals surface area (Å²) in [6.07, 6.45) is 0. The summed E-state index contributed by atoms with van der Waals surface area (Å²) in [5, 5.41) is 0. The van der Waals surface area contributed by atoms with E-state index in [0.717, 1.165) is 16.7 Å². The van der Waals surface area contributed by atoms with Gasteiger partial charge >= 0.3 is 0 Å². The van der Waals surface area contributed by atoms with Crippen LogP contribution in [0.3, 0.4) is 0 Å². The van der Waals surface area contributed by atoms with Crippen LogP contribution in [0.2, 0.25) is 0 Å². The van der Waals surface area contributed by atoms with Gasteiger partial charge in [-0.2, -0.15) is 0 Å². The second kappa shape index (κ2) is 7.81. The average Bonchev–Trinajstić information content (AvgIpc) is 2.67. The summed E-state index contributed by atoms with van der Waals surface area (Å²) in [6.45, 7) is 0.778. The lowest BCUT2D eigenvalue weighted by molar-refractivity contribution is 0.303. The fraction of sp³-hybridized carbons (Fsp3) is 0.143. The van der Waals surface area contributed by atoms with Crippen LogP contribution in [0.4, 0.5) is 4.39 Å². The van der Waals surface area contributed by atoms with Gasteiger partial charge in [-0.3, -0.25) is 0 Å². The van der Waals surface area contributed by atoms with Gasteiger partial charge in [-0.05, 0) is 35.4 Å². The summed E-state index contributed by atoms with van der Waals surface area (Å²) in [4.78, 5) is 0. The maximum Gasteiger partial charge on any atom is 0.134 e. The number of hydrogen-bond donors (Lipinski definition) is 1. The summed E-state index contributed by atoms with van der Waals surface area (Å²) in [7, 11) is 1.51. The van der Waals surface area contributed by atoms with Gasteiger partial charge in [0.05, 0.1) is 7.11 Å². The van der Waals surface area contributed by atoms with Crippen LogP contribution in [0.25, 0.3) is 11.1 Å². The molecule has 0 amide bonds. The summed E-state index contributed by atoms with van der Waals surface area (Å²) in [5.41, 5.74) is 9.03. The van der Waals surface area contributed by atoms with Crippen molar-refractivity contribution >= 4 is 0 Å². The molecule has 0 aliphatic rings. The Kier molecular flexibility index (Phi) is 5.31. The Hall–Kier alpha value is -2.85. The molecule has 0 atom stereocenters. The zero-order valence-corrected chi connectivity index (χ0v) is 14.0. The lowest BCUT2D eigenvalue weighted by Crippen LogP contribution is -2.03. The molecule has 0 saturated heterocycles. The zero-order valence-electron chi connectivity index (χ0n) is 14.0. The quantitative estimate of drug-likeness (QED) is 0.718. The Bertz CT molecular complexity index is 850. The van der Waals surface area contributed by atoms with E-state index in [1.807, 2.05) is 48.5 Å². The molecule has 0 unspecified atom stereocenters. The molecular formula is C21H20FNO2. The van der Waals surface area contributed by atoms with Gasteiger partial charge in [-0.15, -0.1) is 0 Å². The van der Waals surface area contributed by atoms with Gasteiger partial charge in [-0.1, -0.05) is 36.4 Å². The van der Waals surface area contributed by atoms with Crippen molar-refractivity contribution in [1.29, 1.82) is 0 Å². The first-order valence-corrected chi connectivity index (χ1v) is 8.05. The zero-order chi connectivity index (χ0) is 17.6. The van der Waals surface area contributed by atoms with Crippen molar-refractivity contribution in [3.8, 4) is 22.6 Å². The first-order valence-electron chi connectivity index (χ1n) is 8.05. The van der Waals surface area contributed by atoms with Crippen LogP contribution >= 0.6 is 0 Å². The predicted molar refractivity (Wildman–Crippen MR) is 97.1 cm³/mol. The van der Waals surface area contributed by atoms with E-state index in [9.17, 15) is 4.39 Å². The van der Waals surface area contributed by atoms with E-state index in [4.69, 9.17) is 15.2 Å². The largest absolute Gasteiger partial charge is 0.497 e. The monoisotopic (exact) mass is 337 g/mol. The van der Waals surface area contributed by atoms with E-state index >= 15 is 0 Å². The first-order chi connectivity index (χ1) is 12.2. The van der Waals surface area contributed by atoms with E-state index < -0.39 is 0 Å². The van der Waals surface area contributed by atoms with E-state index in [1.54, 1.807) is 12.1 Å². The lowest BCUT2D eigenvalue weighted by Gasteiger charge is -2.13. The average molecular weight is 337 g/mol. The van der Waals surface area contributed by atoms with Crippen LogP contribution in [0.5, 0.6) is 11.5 Å². The Morgan fingerprint density at radius 1 is 0.960 bits per heavy atom. The number of benzene rings is 3. The molecule has 0 saturated carbocycles. The van der Waals surface area contributed by atoms with Crippen molar-refractivity contribution in [3.63, 3.8) is 0 Å². The molecule has 0 bridgehead atoms. The van der Waals surface area contributed by atoms with Gasteiger partial charge < -0.3 is 15.2 Å². The molecule has 3 aromatic rings. The maximum atomic E-state index is 14.3. The standard InChI is InChI=1S/C21H20FNO2/c1-24-18-8-9-19(20(22)12-18)16-7-10-21(17(11-16)13-23)25-14-15-5-3-2-4-6-15/h2-12H,13-14,23H2,1H3. The van der Waals surface area contributed by atoms with Crippen LogP contribution in [-0.4, -0.2) is 7.11 Å². The third-order valence-corrected chi connectivity index (χ3v) is 4.00. The first kappa shape index (κ1) is 17.0. The van der Waals surface area contributed by atoms with Crippen LogP contribution in [0.15, 0.2) is 66.7 Å². The highest BCUT2D eigenvalue weighted by Crippen LogP contribution is 2.30. The molecule has 0 aliphatic heterocycles. The SMILES string of the molecule is COc1ccc(-c2ccc(OCc3ccccc3)c(CN)c2)c(F)c1. The number of ether oxygens (including phenoxy) is 2. The van der Waals surface area contributed by atoms with Crippen molar-refractivity contribution in [2.75, 3.05) is 7.11 Å². The molecule has 2 N–H and O–H groups in total. The molecule has 3 nitrogen and oxygen atoms in total. The van der Waals surface area contributed by atoms with Crippen molar-refractivity contribution in [1.82, 2.24) is 0 Å². The highest BCUT2D eigenvalue weighted by Gasteiger charge is 2.10. The molecule has 3 rings (SSSR count). The van der Waals surface area contributed by atoms with Crippen molar-refractivity contribution < 1.29 is 13.9 Å². The van der Waals surface area contributed by atoms with E-state index in [0.29, 0.717) is 30.2 Å². The highest BCUT2D eigenvalue weighted by atomic mass is 19.1. The van der Waals surface area contributed by atoms with Crippen LogP contribution < -0.4 is 15.2 Å². The van der Waals surface area contributed by atoms with Gasteiger partial charge in [0.1, 0.15) is 23.9 Å². The molecule has 0 aromatic heterocycles. The fourth-order valence-corrected chi connectivity index (χ4v) is 2.64. The van der Waals surface area contributed by atoms with E-state index in [1.165, 1.54) is 13.2 Å². The smallest absolute Gasteiger partial charge is 0.134 e. The van der Waals surface area contributed by atoms with Gasteiger partial charge in [0.2, 0.25) is 0 Å². The normalized spacial score (nSPS) is 10.5. The molecule has 128 valence electrons. The predicted octanol–water partition coefficient (Wildman–Crippen LogP) is 4.54. The van der Waals surface area contributed by atoms with Crippen LogP contribution in [-0.2, 0) is 13.2 Å². The van der Waals surface area contributed by atoms with Crippen molar-refractivity contribution in [2.24, 2.45) is 5.73 Å². The maximum absolute atomic E-state index is 14.3. The molecular weight excluding hydrogens is 317 g/mol. The van der Waals surface area contributed by atoms with Crippen molar-refractivity contribution in [3.05, 3.63) is 83.7 Å². The van der Waals surface area contributed by atoms with Gasteiger partial charge in [0.15, 0.2) is 0 Å². The highest BCUT2D eigenvalue weighted by molar-refractivity contribution is 5.67. The fourth-order valence-electron chi connectivity index (χ4n) is 2.64. The number of halogens is 1. The number of hydrogen-bond acceptors (Lipinski definition) is 3. The molecule has 0 radical (unpaired) electrons. The minimum Gasteiger partial charge on any atom is -0.497 e. The molecule has 4 heteroatoms. The Labute approximate surface area is 146 Å². The minimum absolute atomic E-state index is 0.315. The molecule has 0 fully saturated rings. The second-order valence-corrected chi connectivity index (χ2v) is 5.65. The summed E-state index contributed by atoms with van der Waals surface area (Å²) < 4.78 is 25.2. The number of nitrogens with two attached hydrogens (primary N) is 1. The van der Waals surface area contributed by atoms with Crippen molar-refractivity contribution in [2.45, 2.75) is 13.2 Å². The topological polar surface area (TPSA) is 44.5 Å². The van der Waals surface area contributed by atoms with Gasteiger partial charge in [0.25, 0.3) is 0 Å². The molecule has 25 heavy (non-hydrogen) atoms. The number of methoxy groups -OCH3 is 1. The van der Waals surface area contributed by atoms with Gasteiger partial charge in [0, 0.05) is 23.7 Å². The Morgan fingerprint density at radius 3 is 2.44 bits per heavy atom. The second-order valence-electron chi connectivity index (χ2n) is 5.65. The third kappa shape index (κ3) is 3.98. The Morgan fingerprint density at radius 2 is 1.76 bits per heavy atom.